The number of fused-ring (bicyclic) bond motifs is 1. The molecular formula is C8H9ClN2O. The van der Waals surface area contributed by atoms with Gasteiger partial charge < -0.3 is 10.3 Å². The first-order valence-electron chi connectivity index (χ1n) is 3.88. The number of halogens is 1. The van der Waals surface area contributed by atoms with Crippen LogP contribution in [0.5, 0.6) is 0 Å². The number of rotatable bonds is 0. The fourth-order valence-electron chi connectivity index (χ4n) is 1.47. The van der Waals surface area contributed by atoms with Crippen LogP contribution in [-0.2, 0) is 13.0 Å². The zero-order valence-electron chi connectivity index (χ0n) is 6.48. The molecule has 0 bridgehead atoms. The Morgan fingerprint density at radius 1 is 1.42 bits per heavy atom. The fraction of sp³-hybridized carbons (Fsp3) is 0.375. The summed E-state index contributed by atoms with van der Waals surface area (Å²) in [5, 5.41) is 3.80. The Hall–Kier alpha value is -0.800. The van der Waals surface area contributed by atoms with Gasteiger partial charge in [0, 0.05) is 18.3 Å². The van der Waals surface area contributed by atoms with Crippen LogP contribution in [0.15, 0.2) is 11.0 Å². The van der Waals surface area contributed by atoms with Crippen molar-refractivity contribution in [3.63, 3.8) is 0 Å². The van der Waals surface area contributed by atoms with Crippen LogP contribution in [0.1, 0.15) is 11.1 Å². The van der Waals surface area contributed by atoms with Gasteiger partial charge >= 0.3 is 0 Å². The van der Waals surface area contributed by atoms with Gasteiger partial charge in [0.15, 0.2) is 0 Å². The highest BCUT2D eigenvalue weighted by atomic mass is 35.5. The maximum absolute atomic E-state index is 11.3. The number of hydrogen-bond donors (Lipinski definition) is 2. The maximum Gasteiger partial charge on any atom is 0.252 e. The number of aromatic nitrogens is 1. The van der Waals surface area contributed by atoms with Gasteiger partial charge in [-0.15, -0.1) is 0 Å². The molecule has 0 saturated carbocycles. The van der Waals surface area contributed by atoms with E-state index < -0.39 is 0 Å². The molecule has 0 aromatic carbocycles. The molecule has 0 fully saturated rings. The van der Waals surface area contributed by atoms with Crippen molar-refractivity contribution in [1.29, 1.82) is 0 Å². The number of nitrogens with one attached hydrogen (secondary N) is 2. The van der Waals surface area contributed by atoms with Gasteiger partial charge in [-0.1, -0.05) is 11.6 Å². The minimum absolute atomic E-state index is 0.0263. The lowest BCUT2D eigenvalue weighted by Crippen LogP contribution is -2.30. The molecule has 1 aromatic heterocycles. The number of pyridine rings is 1. The molecule has 0 radical (unpaired) electrons. The van der Waals surface area contributed by atoms with Gasteiger partial charge in [0.25, 0.3) is 5.56 Å². The minimum atomic E-state index is -0.0263. The summed E-state index contributed by atoms with van der Waals surface area (Å²) in [5.41, 5.74) is 1.76. The lowest BCUT2D eigenvalue weighted by atomic mass is 10.0. The van der Waals surface area contributed by atoms with Gasteiger partial charge in [0.2, 0.25) is 0 Å². The maximum atomic E-state index is 11.3. The van der Waals surface area contributed by atoms with Crippen molar-refractivity contribution in [3.8, 4) is 0 Å². The van der Waals surface area contributed by atoms with Crippen molar-refractivity contribution in [1.82, 2.24) is 10.3 Å². The molecule has 64 valence electrons. The second-order valence-corrected chi connectivity index (χ2v) is 3.26. The fourth-order valence-corrected chi connectivity index (χ4v) is 1.73. The molecule has 0 amide bonds. The third-order valence-corrected chi connectivity index (χ3v) is 2.45. The van der Waals surface area contributed by atoms with E-state index in [1.165, 1.54) is 0 Å². The molecule has 4 heteroatoms. The topological polar surface area (TPSA) is 44.9 Å². The molecule has 2 rings (SSSR count). The molecule has 0 atom stereocenters. The lowest BCUT2D eigenvalue weighted by Gasteiger charge is -2.16. The smallest absolute Gasteiger partial charge is 0.252 e. The van der Waals surface area contributed by atoms with Crippen molar-refractivity contribution in [2.45, 2.75) is 13.0 Å². The molecule has 1 aromatic rings. The average molecular weight is 185 g/mol. The van der Waals surface area contributed by atoms with Gasteiger partial charge in [-0.2, -0.15) is 0 Å². The lowest BCUT2D eigenvalue weighted by molar-refractivity contribution is 0.636. The van der Waals surface area contributed by atoms with Crippen LogP contribution in [0.4, 0.5) is 0 Å². The van der Waals surface area contributed by atoms with Gasteiger partial charge in [0.1, 0.15) is 0 Å². The molecule has 12 heavy (non-hydrogen) atoms. The van der Waals surface area contributed by atoms with Crippen molar-refractivity contribution >= 4 is 11.6 Å². The molecule has 3 nitrogen and oxygen atoms in total. The van der Waals surface area contributed by atoms with E-state index in [0.29, 0.717) is 11.6 Å². The predicted molar refractivity (Wildman–Crippen MR) is 47.5 cm³/mol. The number of H-pyrrole nitrogens is 1. The third kappa shape index (κ3) is 1.15. The van der Waals surface area contributed by atoms with Crippen LogP contribution in [0.25, 0.3) is 0 Å². The summed E-state index contributed by atoms with van der Waals surface area (Å²) in [6.07, 6.45) is 2.41. The van der Waals surface area contributed by atoms with Gasteiger partial charge in [-0.25, -0.2) is 0 Å². The molecule has 2 heterocycles. The third-order valence-electron chi connectivity index (χ3n) is 2.11. The van der Waals surface area contributed by atoms with Crippen LogP contribution < -0.4 is 10.9 Å². The van der Waals surface area contributed by atoms with Crippen LogP contribution in [0, 0.1) is 0 Å². The predicted octanol–water partition coefficient (Wildman–Crippen LogP) is 0.674. The number of aromatic amines is 1. The first kappa shape index (κ1) is 7.83. The van der Waals surface area contributed by atoms with Crippen LogP contribution in [-0.4, -0.2) is 11.5 Å². The van der Waals surface area contributed by atoms with Gasteiger partial charge in [0.05, 0.1) is 5.02 Å². The van der Waals surface area contributed by atoms with Crippen molar-refractivity contribution < 1.29 is 0 Å². The minimum Gasteiger partial charge on any atom is -0.327 e. The second kappa shape index (κ2) is 2.92. The highest BCUT2D eigenvalue weighted by Crippen LogP contribution is 2.18. The zero-order valence-corrected chi connectivity index (χ0v) is 7.24. The van der Waals surface area contributed by atoms with E-state index in [1.807, 2.05) is 0 Å². The van der Waals surface area contributed by atoms with Crippen LogP contribution >= 0.6 is 11.6 Å². The van der Waals surface area contributed by atoms with Crippen molar-refractivity contribution in [2.24, 2.45) is 0 Å². The molecule has 0 spiro atoms. The molecule has 0 saturated heterocycles. The van der Waals surface area contributed by atoms with E-state index in [1.54, 1.807) is 6.20 Å². The number of hydrogen-bond acceptors (Lipinski definition) is 2. The average Bonchev–Trinajstić information content (AvgIpc) is 2.12. The Kier molecular flexibility index (Phi) is 1.90. The summed E-state index contributed by atoms with van der Waals surface area (Å²) >= 11 is 5.92. The van der Waals surface area contributed by atoms with E-state index in [2.05, 4.69) is 10.3 Å². The SMILES string of the molecule is O=c1[nH]cc(Cl)c2c1CNCC2. The molecule has 1 aliphatic heterocycles. The first-order chi connectivity index (χ1) is 5.79. The van der Waals surface area contributed by atoms with Gasteiger partial charge in [-0.3, -0.25) is 4.79 Å². The van der Waals surface area contributed by atoms with Crippen molar-refractivity contribution in [2.75, 3.05) is 6.54 Å². The van der Waals surface area contributed by atoms with E-state index >= 15 is 0 Å². The standard InChI is InChI=1S/C8H9ClN2O/c9-7-4-11-8(12)6-3-10-2-1-5(6)7/h4,10H,1-3H2,(H,11,12). The second-order valence-electron chi connectivity index (χ2n) is 2.85. The molecule has 0 unspecified atom stereocenters. The highest BCUT2D eigenvalue weighted by molar-refractivity contribution is 6.31. The highest BCUT2D eigenvalue weighted by Gasteiger charge is 2.14. The Morgan fingerprint density at radius 3 is 3.00 bits per heavy atom. The summed E-state index contributed by atoms with van der Waals surface area (Å²) in [7, 11) is 0. The van der Waals surface area contributed by atoms with Crippen molar-refractivity contribution in [3.05, 3.63) is 32.7 Å². The first-order valence-corrected chi connectivity index (χ1v) is 4.26. The Bertz CT molecular complexity index is 359. The Labute approximate surface area is 74.8 Å². The molecular weight excluding hydrogens is 176 g/mol. The van der Waals surface area contributed by atoms with Gasteiger partial charge in [-0.05, 0) is 18.5 Å². The molecule has 2 N–H and O–H groups in total. The Morgan fingerprint density at radius 2 is 2.25 bits per heavy atom. The van der Waals surface area contributed by atoms with Crippen LogP contribution in [0.2, 0.25) is 5.02 Å². The summed E-state index contributed by atoms with van der Waals surface area (Å²) in [4.78, 5) is 13.9. The Balaban J connectivity index is 2.64. The molecule has 1 aliphatic rings. The summed E-state index contributed by atoms with van der Waals surface area (Å²) in [6.45, 7) is 1.53. The summed E-state index contributed by atoms with van der Waals surface area (Å²) < 4.78 is 0. The monoisotopic (exact) mass is 184 g/mol. The zero-order chi connectivity index (χ0) is 8.55. The quantitative estimate of drug-likeness (QED) is 0.623. The summed E-state index contributed by atoms with van der Waals surface area (Å²) in [5.74, 6) is 0. The van der Waals surface area contributed by atoms with Crippen LogP contribution in [0.3, 0.4) is 0 Å². The largest absolute Gasteiger partial charge is 0.327 e. The molecule has 0 aliphatic carbocycles. The summed E-state index contributed by atoms with van der Waals surface area (Å²) in [6, 6.07) is 0. The van der Waals surface area contributed by atoms with E-state index in [0.717, 1.165) is 24.1 Å². The van der Waals surface area contributed by atoms with E-state index in [9.17, 15) is 4.79 Å². The van der Waals surface area contributed by atoms with E-state index in [-0.39, 0.29) is 5.56 Å². The normalized spacial score (nSPS) is 15.8. The van der Waals surface area contributed by atoms with E-state index in [4.69, 9.17) is 11.6 Å².